The summed E-state index contributed by atoms with van der Waals surface area (Å²) in [6.45, 7) is 3.84. The van der Waals surface area contributed by atoms with E-state index in [2.05, 4.69) is 18.3 Å². The Morgan fingerprint density at radius 1 is 1.47 bits per heavy atom. The molecule has 0 amide bonds. The van der Waals surface area contributed by atoms with Crippen LogP contribution in [0.4, 0.5) is 0 Å². The molecule has 2 atom stereocenters. The second-order valence-electron chi connectivity index (χ2n) is 4.73. The fourth-order valence-corrected chi connectivity index (χ4v) is 2.45. The molecule has 3 nitrogen and oxygen atoms in total. The number of ether oxygens (including phenoxy) is 1. The molecule has 84 valence electrons. The minimum atomic E-state index is -0.272. The van der Waals surface area contributed by atoms with Gasteiger partial charge in [-0.2, -0.15) is 5.26 Å². The van der Waals surface area contributed by atoms with E-state index in [1.54, 1.807) is 0 Å². The average Bonchev–Trinajstić information content (AvgIpc) is 2.99. The largest absolute Gasteiger partial charge is 0.377 e. The Morgan fingerprint density at radius 2 is 2.27 bits per heavy atom. The molecule has 2 fully saturated rings. The van der Waals surface area contributed by atoms with E-state index in [4.69, 9.17) is 4.74 Å². The monoisotopic (exact) mass is 208 g/mol. The maximum Gasteiger partial charge on any atom is 0.109 e. The quantitative estimate of drug-likeness (QED) is 0.749. The van der Waals surface area contributed by atoms with Gasteiger partial charge in [0.15, 0.2) is 0 Å². The van der Waals surface area contributed by atoms with Gasteiger partial charge in [0.05, 0.1) is 12.2 Å². The number of rotatable bonds is 5. The summed E-state index contributed by atoms with van der Waals surface area (Å²) in [6.07, 6.45) is 5.97. The van der Waals surface area contributed by atoms with Crippen molar-refractivity contribution >= 4 is 0 Å². The first-order valence-electron chi connectivity index (χ1n) is 6.08. The predicted octanol–water partition coefficient (Wildman–Crippen LogP) is 1.84. The summed E-state index contributed by atoms with van der Waals surface area (Å²) in [5.41, 5.74) is -0.272. The van der Waals surface area contributed by atoms with Gasteiger partial charge in [-0.1, -0.05) is 6.92 Å². The first-order valence-corrected chi connectivity index (χ1v) is 6.08. The van der Waals surface area contributed by atoms with Gasteiger partial charge in [0.25, 0.3) is 0 Å². The lowest BCUT2D eigenvalue weighted by atomic mass is 9.91. The molecule has 2 rings (SSSR count). The van der Waals surface area contributed by atoms with Gasteiger partial charge in [-0.15, -0.1) is 0 Å². The average molecular weight is 208 g/mol. The van der Waals surface area contributed by atoms with Crippen LogP contribution in [0.2, 0.25) is 0 Å². The second-order valence-corrected chi connectivity index (χ2v) is 4.73. The Morgan fingerprint density at radius 3 is 2.73 bits per heavy atom. The van der Waals surface area contributed by atoms with E-state index in [9.17, 15) is 5.26 Å². The topological polar surface area (TPSA) is 45.0 Å². The zero-order valence-electron chi connectivity index (χ0n) is 9.46. The van der Waals surface area contributed by atoms with E-state index in [0.717, 1.165) is 26.0 Å². The lowest BCUT2D eigenvalue weighted by Crippen LogP contribution is -2.48. The minimum absolute atomic E-state index is 0.272. The third-order valence-electron chi connectivity index (χ3n) is 3.70. The standard InChI is InChI=1S/C12H20N2O/c1-2-12(9-13,10-5-6-10)14-8-11-4-3-7-15-11/h10-11,14H,2-8H2,1H3. The highest BCUT2D eigenvalue weighted by molar-refractivity contribution is 5.14. The van der Waals surface area contributed by atoms with Crippen LogP contribution in [-0.4, -0.2) is 24.8 Å². The van der Waals surface area contributed by atoms with Gasteiger partial charge in [0.2, 0.25) is 0 Å². The van der Waals surface area contributed by atoms with Crippen molar-refractivity contribution < 1.29 is 4.74 Å². The highest BCUT2D eigenvalue weighted by Crippen LogP contribution is 2.41. The highest BCUT2D eigenvalue weighted by atomic mass is 16.5. The number of nitrogens with one attached hydrogen (secondary N) is 1. The SMILES string of the molecule is CCC(C#N)(NCC1CCCO1)C1CC1. The molecule has 1 saturated carbocycles. The maximum absolute atomic E-state index is 9.31. The summed E-state index contributed by atoms with van der Waals surface area (Å²) in [6, 6.07) is 2.48. The number of nitriles is 1. The number of hydrogen-bond acceptors (Lipinski definition) is 3. The predicted molar refractivity (Wildman–Crippen MR) is 58.3 cm³/mol. The van der Waals surface area contributed by atoms with E-state index in [1.807, 2.05) is 0 Å². The van der Waals surface area contributed by atoms with Gasteiger partial charge in [-0.3, -0.25) is 5.32 Å². The van der Waals surface area contributed by atoms with Crippen molar-refractivity contribution in [2.75, 3.05) is 13.2 Å². The molecular weight excluding hydrogens is 188 g/mol. The van der Waals surface area contributed by atoms with Crippen LogP contribution in [0.1, 0.15) is 39.0 Å². The lowest BCUT2D eigenvalue weighted by Gasteiger charge is -2.28. The Balaban J connectivity index is 1.86. The van der Waals surface area contributed by atoms with Gasteiger partial charge >= 0.3 is 0 Å². The van der Waals surface area contributed by atoms with Crippen molar-refractivity contribution in [1.82, 2.24) is 5.32 Å². The second kappa shape index (κ2) is 4.51. The molecule has 0 spiro atoms. The van der Waals surface area contributed by atoms with Gasteiger partial charge in [-0.25, -0.2) is 0 Å². The first-order chi connectivity index (χ1) is 7.30. The summed E-state index contributed by atoms with van der Waals surface area (Å²) >= 11 is 0. The van der Waals surface area contributed by atoms with Crippen LogP contribution in [-0.2, 0) is 4.74 Å². The molecule has 1 aliphatic heterocycles. The zero-order valence-corrected chi connectivity index (χ0v) is 9.46. The van der Waals surface area contributed by atoms with E-state index in [1.165, 1.54) is 19.3 Å². The van der Waals surface area contributed by atoms with Gasteiger partial charge in [-0.05, 0) is 38.0 Å². The van der Waals surface area contributed by atoms with Gasteiger partial charge < -0.3 is 4.74 Å². The molecular formula is C12H20N2O. The van der Waals surface area contributed by atoms with Crippen LogP contribution in [0.3, 0.4) is 0 Å². The van der Waals surface area contributed by atoms with Gasteiger partial charge in [0.1, 0.15) is 5.54 Å². The normalized spacial score (nSPS) is 29.7. The molecule has 2 aliphatic rings. The first kappa shape index (κ1) is 10.9. The number of hydrogen-bond donors (Lipinski definition) is 1. The molecule has 0 aromatic heterocycles. The summed E-state index contributed by atoms with van der Waals surface area (Å²) < 4.78 is 5.57. The molecule has 0 bridgehead atoms. The summed E-state index contributed by atoms with van der Waals surface area (Å²) in [5, 5.41) is 12.8. The van der Waals surface area contributed by atoms with Crippen LogP contribution in [0.15, 0.2) is 0 Å². The summed E-state index contributed by atoms with van der Waals surface area (Å²) in [7, 11) is 0. The van der Waals surface area contributed by atoms with Gasteiger partial charge in [0, 0.05) is 13.2 Å². The third kappa shape index (κ3) is 2.32. The van der Waals surface area contributed by atoms with Crippen LogP contribution in [0.25, 0.3) is 0 Å². The zero-order chi connectivity index (χ0) is 10.7. The van der Waals surface area contributed by atoms with Crippen LogP contribution in [0.5, 0.6) is 0 Å². The van der Waals surface area contributed by atoms with E-state index < -0.39 is 0 Å². The van der Waals surface area contributed by atoms with Crippen LogP contribution < -0.4 is 5.32 Å². The van der Waals surface area contributed by atoms with Crippen LogP contribution >= 0.6 is 0 Å². The molecule has 0 aromatic carbocycles. The fraction of sp³-hybridized carbons (Fsp3) is 0.917. The molecule has 3 heteroatoms. The summed E-state index contributed by atoms with van der Waals surface area (Å²) in [5.74, 6) is 0.578. The van der Waals surface area contributed by atoms with Crippen molar-refractivity contribution in [2.45, 2.75) is 50.7 Å². The Labute approximate surface area is 91.8 Å². The molecule has 2 unspecified atom stereocenters. The summed E-state index contributed by atoms with van der Waals surface area (Å²) in [4.78, 5) is 0. The highest BCUT2D eigenvalue weighted by Gasteiger charge is 2.44. The fourth-order valence-electron chi connectivity index (χ4n) is 2.45. The Kier molecular flexibility index (Phi) is 3.28. The minimum Gasteiger partial charge on any atom is -0.377 e. The molecule has 1 heterocycles. The Bertz CT molecular complexity index is 251. The molecule has 15 heavy (non-hydrogen) atoms. The van der Waals surface area contributed by atoms with Crippen molar-refractivity contribution in [1.29, 1.82) is 5.26 Å². The Hall–Kier alpha value is -0.590. The van der Waals surface area contributed by atoms with Crippen molar-refractivity contribution in [3.05, 3.63) is 0 Å². The van der Waals surface area contributed by atoms with Crippen molar-refractivity contribution in [3.63, 3.8) is 0 Å². The van der Waals surface area contributed by atoms with E-state index in [-0.39, 0.29) is 5.54 Å². The van der Waals surface area contributed by atoms with E-state index in [0.29, 0.717) is 12.0 Å². The smallest absolute Gasteiger partial charge is 0.109 e. The van der Waals surface area contributed by atoms with Crippen molar-refractivity contribution in [3.8, 4) is 6.07 Å². The lowest BCUT2D eigenvalue weighted by molar-refractivity contribution is 0.102. The van der Waals surface area contributed by atoms with Crippen molar-refractivity contribution in [2.24, 2.45) is 5.92 Å². The molecule has 0 radical (unpaired) electrons. The molecule has 1 saturated heterocycles. The van der Waals surface area contributed by atoms with Crippen LogP contribution in [0, 0.1) is 17.2 Å². The molecule has 1 N–H and O–H groups in total. The number of nitrogens with zero attached hydrogens (tertiary/aromatic N) is 1. The third-order valence-corrected chi connectivity index (χ3v) is 3.70. The molecule has 1 aliphatic carbocycles. The molecule has 0 aromatic rings. The van der Waals surface area contributed by atoms with E-state index >= 15 is 0 Å². The maximum atomic E-state index is 9.31.